The molecule has 16 rings (SSSR count). The van der Waals surface area contributed by atoms with Crippen LogP contribution in [0.2, 0.25) is 0 Å². The van der Waals surface area contributed by atoms with E-state index in [-0.39, 0.29) is 0 Å². The van der Waals surface area contributed by atoms with Crippen LogP contribution < -0.4 is 0 Å². The van der Waals surface area contributed by atoms with E-state index in [9.17, 15) is 0 Å². The molecule has 4 heterocycles. The summed E-state index contributed by atoms with van der Waals surface area (Å²) in [5.74, 6) is 1.93. The lowest BCUT2D eigenvalue weighted by Gasteiger charge is -2.15. The standard InChI is InChI=1S/C69H41N5O/c1-3-16-42(17-4-1)67-70-68(43-18-5-2-6-19-43)72-69(71-67)46-30-34-50-51-35-33-47(41-57(51)49-21-8-7-20-48(49)56(50)40-46)73-60-26-12-9-22-52(60)58-38-44(31-36-62(58)73)45-32-37-63-59(39-45)53-23-10-13-27-61(53)74(63)64-28-15-25-55-54-24-11-14-29-65(54)75-66(55)64/h1-41H. The highest BCUT2D eigenvalue weighted by Gasteiger charge is 2.21. The van der Waals surface area contributed by atoms with Crippen molar-refractivity contribution in [2.45, 2.75) is 0 Å². The summed E-state index contributed by atoms with van der Waals surface area (Å²) in [5, 5.41) is 14.2. The molecule has 75 heavy (non-hydrogen) atoms. The van der Waals surface area contributed by atoms with E-state index >= 15 is 0 Å². The second-order valence-corrected chi connectivity index (χ2v) is 19.5. The summed E-state index contributed by atoms with van der Waals surface area (Å²) >= 11 is 0. The Morgan fingerprint density at radius 2 is 0.693 bits per heavy atom. The maximum atomic E-state index is 6.58. The molecule has 0 fully saturated rings. The first-order valence-electron chi connectivity index (χ1n) is 25.4. The first kappa shape index (κ1) is 41.4. The van der Waals surface area contributed by atoms with Crippen LogP contribution in [0, 0.1) is 0 Å². The quantitative estimate of drug-likeness (QED) is 0.156. The van der Waals surface area contributed by atoms with E-state index in [2.05, 4.69) is 191 Å². The highest BCUT2D eigenvalue weighted by molar-refractivity contribution is 6.26. The maximum Gasteiger partial charge on any atom is 0.164 e. The van der Waals surface area contributed by atoms with E-state index in [0.717, 1.165) is 71.9 Å². The van der Waals surface area contributed by atoms with E-state index in [1.54, 1.807) is 0 Å². The summed E-state index contributed by atoms with van der Waals surface area (Å²) in [7, 11) is 0. The van der Waals surface area contributed by atoms with Crippen LogP contribution in [0.15, 0.2) is 253 Å². The van der Waals surface area contributed by atoms with E-state index in [1.165, 1.54) is 65.1 Å². The minimum atomic E-state index is 0.639. The van der Waals surface area contributed by atoms with Crippen molar-refractivity contribution in [2.24, 2.45) is 0 Å². The summed E-state index contributed by atoms with van der Waals surface area (Å²) in [6, 6.07) is 88.9. The Morgan fingerprint density at radius 3 is 1.33 bits per heavy atom. The van der Waals surface area contributed by atoms with Gasteiger partial charge in [0.2, 0.25) is 0 Å². The predicted octanol–water partition coefficient (Wildman–Crippen LogP) is 18.1. The third-order valence-electron chi connectivity index (χ3n) is 15.3. The Hall–Kier alpha value is -10.2. The molecule has 0 amide bonds. The van der Waals surface area contributed by atoms with Gasteiger partial charge in [0.15, 0.2) is 23.1 Å². The molecule has 0 aliphatic heterocycles. The summed E-state index contributed by atoms with van der Waals surface area (Å²) in [4.78, 5) is 15.1. The smallest absolute Gasteiger partial charge is 0.164 e. The second-order valence-electron chi connectivity index (χ2n) is 19.5. The van der Waals surface area contributed by atoms with Crippen LogP contribution in [0.1, 0.15) is 0 Å². The van der Waals surface area contributed by atoms with Gasteiger partial charge in [-0.05, 0) is 110 Å². The number of furan rings is 1. The van der Waals surface area contributed by atoms with Crippen molar-refractivity contribution in [3.8, 4) is 56.7 Å². The van der Waals surface area contributed by atoms with E-state index in [0.29, 0.717) is 17.5 Å². The van der Waals surface area contributed by atoms with Gasteiger partial charge >= 0.3 is 0 Å². The maximum absolute atomic E-state index is 6.58. The normalized spacial score (nSPS) is 12.0. The molecule has 0 saturated carbocycles. The van der Waals surface area contributed by atoms with Crippen LogP contribution in [0.4, 0.5) is 0 Å². The van der Waals surface area contributed by atoms with Gasteiger partial charge in [0.25, 0.3) is 0 Å². The molecule has 0 radical (unpaired) electrons. The lowest BCUT2D eigenvalue weighted by Crippen LogP contribution is -2.00. The number of aromatic nitrogens is 5. The summed E-state index contributed by atoms with van der Waals surface area (Å²) in [5.41, 5.74) is 13.7. The summed E-state index contributed by atoms with van der Waals surface area (Å²) in [6.45, 7) is 0. The molecule has 6 nitrogen and oxygen atoms in total. The molecule has 0 bridgehead atoms. The fourth-order valence-electron chi connectivity index (χ4n) is 11.9. The molecule has 0 aliphatic rings. The molecular weight excluding hydrogens is 915 g/mol. The van der Waals surface area contributed by atoms with Crippen molar-refractivity contribution in [1.82, 2.24) is 24.1 Å². The number of rotatable bonds is 6. The fourth-order valence-corrected chi connectivity index (χ4v) is 11.9. The van der Waals surface area contributed by atoms with Gasteiger partial charge in [-0.3, -0.25) is 0 Å². The van der Waals surface area contributed by atoms with Crippen LogP contribution >= 0.6 is 0 Å². The highest BCUT2D eigenvalue weighted by Crippen LogP contribution is 2.43. The number of hydrogen-bond donors (Lipinski definition) is 0. The van der Waals surface area contributed by atoms with Gasteiger partial charge in [-0.2, -0.15) is 0 Å². The lowest BCUT2D eigenvalue weighted by atomic mass is 9.93. The molecule has 0 aliphatic carbocycles. The van der Waals surface area contributed by atoms with Crippen LogP contribution in [-0.2, 0) is 0 Å². The Bertz CT molecular complexity index is 4930. The van der Waals surface area contributed by atoms with Crippen LogP contribution in [0.25, 0.3) is 155 Å². The average molecular weight is 956 g/mol. The molecule has 348 valence electrons. The Kier molecular flexibility index (Phi) is 8.94. The summed E-state index contributed by atoms with van der Waals surface area (Å²) < 4.78 is 11.4. The van der Waals surface area contributed by atoms with Gasteiger partial charge in [0.05, 0.1) is 27.8 Å². The van der Waals surface area contributed by atoms with Crippen LogP contribution in [0.5, 0.6) is 0 Å². The number of hydrogen-bond acceptors (Lipinski definition) is 4. The topological polar surface area (TPSA) is 61.7 Å². The number of fused-ring (bicyclic) bond motifs is 15. The predicted molar refractivity (Wildman–Crippen MR) is 310 cm³/mol. The third kappa shape index (κ3) is 6.36. The zero-order chi connectivity index (χ0) is 49.1. The molecule has 12 aromatic carbocycles. The Morgan fingerprint density at radius 1 is 0.253 bits per heavy atom. The van der Waals surface area contributed by atoms with Crippen molar-refractivity contribution in [3.63, 3.8) is 0 Å². The minimum Gasteiger partial charge on any atom is -0.454 e. The number of para-hydroxylation sites is 4. The van der Waals surface area contributed by atoms with Gasteiger partial charge in [0, 0.05) is 54.7 Å². The second kappa shape index (κ2) is 16.2. The van der Waals surface area contributed by atoms with Gasteiger partial charge < -0.3 is 13.6 Å². The molecule has 0 spiro atoms. The zero-order valence-electron chi connectivity index (χ0n) is 40.3. The van der Waals surface area contributed by atoms with Crippen molar-refractivity contribution >= 4 is 97.9 Å². The first-order valence-corrected chi connectivity index (χ1v) is 25.4. The Balaban J connectivity index is 0.824. The Labute approximate surface area is 429 Å². The monoisotopic (exact) mass is 955 g/mol. The zero-order valence-corrected chi connectivity index (χ0v) is 40.3. The van der Waals surface area contributed by atoms with E-state index in [4.69, 9.17) is 19.4 Å². The van der Waals surface area contributed by atoms with Crippen molar-refractivity contribution in [2.75, 3.05) is 0 Å². The highest BCUT2D eigenvalue weighted by atomic mass is 16.3. The van der Waals surface area contributed by atoms with E-state index < -0.39 is 0 Å². The van der Waals surface area contributed by atoms with Gasteiger partial charge in [-0.15, -0.1) is 0 Å². The largest absolute Gasteiger partial charge is 0.454 e. The van der Waals surface area contributed by atoms with Crippen LogP contribution in [-0.4, -0.2) is 24.1 Å². The molecule has 6 heteroatoms. The molecule has 16 aromatic rings. The summed E-state index contributed by atoms with van der Waals surface area (Å²) in [6.07, 6.45) is 0. The molecule has 0 saturated heterocycles. The van der Waals surface area contributed by atoms with Gasteiger partial charge in [-0.25, -0.2) is 15.0 Å². The van der Waals surface area contributed by atoms with Gasteiger partial charge in [0.1, 0.15) is 5.58 Å². The molecule has 0 N–H and O–H groups in total. The SMILES string of the molecule is c1ccc(-c2nc(-c3ccccc3)nc(-c3ccc4c5ccc(-n6c7ccccc7c7cc(-c8ccc9c(c8)c8ccccc8n9-c8cccc9c8oc8ccccc89)ccc76)cc5c5ccccc5c4c3)n2)cc1. The van der Waals surface area contributed by atoms with E-state index in [1.807, 2.05) is 66.7 Å². The molecule has 4 aromatic heterocycles. The fraction of sp³-hybridized carbons (Fsp3) is 0. The first-order chi connectivity index (χ1) is 37.2. The number of benzene rings is 12. The third-order valence-corrected chi connectivity index (χ3v) is 15.3. The molecular formula is C69H41N5O. The molecule has 0 atom stereocenters. The lowest BCUT2D eigenvalue weighted by molar-refractivity contribution is 0.666. The molecule has 0 unspecified atom stereocenters. The van der Waals surface area contributed by atoms with Crippen molar-refractivity contribution in [3.05, 3.63) is 249 Å². The minimum absolute atomic E-state index is 0.639. The average Bonchev–Trinajstić information content (AvgIpc) is 4.18. The van der Waals surface area contributed by atoms with Crippen molar-refractivity contribution < 1.29 is 4.42 Å². The number of nitrogens with zero attached hydrogens (tertiary/aromatic N) is 5. The van der Waals surface area contributed by atoms with Crippen molar-refractivity contribution in [1.29, 1.82) is 0 Å². The van der Waals surface area contributed by atoms with Gasteiger partial charge in [-0.1, -0.05) is 182 Å². The van der Waals surface area contributed by atoms with Crippen LogP contribution in [0.3, 0.4) is 0 Å².